The van der Waals surface area contributed by atoms with E-state index in [1.807, 2.05) is 35.0 Å². The number of quaternary nitrogens is 1. The van der Waals surface area contributed by atoms with E-state index in [2.05, 4.69) is 17.4 Å². The van der Waals surface area contributed by atoms with Crippen LogP contribution in [0.2, 0.25) is 0 Å². The quantitative estimate of drug-likeness (QED) is 0.860. The van der Waals surface area contributed by atoms with Gasteiger partial charge in [-0.1, -0.05) is 25.1 Å². The van der Waals surface area contributed by atoms with Crippen molar-refractivity contribution in [2.45, 2.75) is 26.4 Å². The molecule has 0 unspecified atom stereocenters. The summed E-state index contributed by atoms with van der Waals surface area (Å²) >= 11 is 5.49. The van der Waals surface area contributed by atoms with E-state index in [0.717, 1.165) is 18.3 Å². The van der Waals surface area contributed by atoms with Gasteiger partial charge in [-0.15, -0.1) is 0 Å². The number of nitrogens with one attached hydrogen (secondary N) is 1. The molecule has 5 nitrogen and oxygen atoms in total. The number of para-hydroxylation sites is 1. The van der Waals surface area contributed by atoms with Gasteiger partial charge >= 0.3 is 0 Å². The van der Waals surface area contributed by atoms with Gasteiger partial charge in [-0.2, -0.15) is 9.36 Å². The molecule has 0 radical (unpaired) electrons. The Morgan fingerprint density at radius 2 is 1.90 bits per heavy atom. The van der Waals surface area contributed by atoms with Crippen LogP contribution in [0.25, 0.3) is 5.69 Å². The maximum absolute atomic E-state index is 5.49. The van der Waals surface area contributed by atoms with Gasteiger partial charge in [-0.25, -0.2) is 0 Å². The van der Waals surface area contributed by atoms with Gasteiger partial charge in [0.15, 0.2) is 6.67 Å². The van der Waals surface area contributed by atoms with Gasteiger partial charge in [0.05, 0.1) is 18.8 Å². The number of piperidine rings is 1. The number of tetrazole rings is 1. The monoisotopic (exact) mass is 290 g/mol. The van der Waals surface area contributed by atoms with Crippen molar-refractivity contribution in [2.24, 2.45) is 5.92 Å². The lowest BCUT2D eigenvalue weighted by molar-refractivity contribution is -0.929. The molecule has 0 amide bonds. The summed E-state index contributed by atoms with van der Waals surface area (Å²) in [5.41, 5.74) is 0.964. The highest BCUT2D eigenvalue weighted by molar-refractivity contribution is 7.71. The Kier molecular flexibility index (Phi) is 3.93. The number of benzene rings is 1. The molecule has 3 rings (SSSR count). The van der Waals surface area contributed by atoms with E-state index in [1.165, 1.54) is 25.9 Å². The Morgan fingerprint density at radius 1 is 1.20 bits per heavy atom. The Hall–Kier alpha value is -1.53. The van der Waals surface area contributed by atoms with E-state index in [9.17, 15) is 0 Å². The first-order valence-corrected chi connectivity index (χ1v) is 7.56. The second kappa shape index (κ2) is 5.85. The molecule has 1 aliphatic rings. The van der Waals surface area contributed by atoms with Gasteiger partial charge in [0.25, 0.3) is 0 Å². The van der Waals surface area contributed by atoms with Crippen LogP contribution in [0.1, 0.15) is 19.8 Å². The van der Waals surface area contributed by atoms with Gasteiger partial charge in [0.1, 0.15) is 0 Å². The molecule has 1 aromatic carbocycles. The molecule has 0 bridgehead atoms. The summed E-state index contributed by atoms with van der Waals surface area (Å²) in [7, 11) is 0. The number of hydrogen-bond acceptors (Lipinski definition) is 3. The second-order valence-corrected chi connectivity index (χ2v) is 5.96. The number of likely N-dealkylation sites (tertiary alicyclic amines) is 1. The van der Waals surface area contributed by atoms with Crippen LogP contribution < -0.4 is 4.90 Å². The van der Waals surface area contributed by atoms with E-state index < -0.39 is 0 Å². The van der Waals surface area contributed by atoms with Gasteiger partial charge < -0.3 is 4.90 Å². The Bertz CT molecular complexity index is 610. The van der Waals surface area contributed by atoms with Crippen LogP contribution in [-0.4, -0.2) is 32.9 Å². The minimum absolute atomic E-state index is 0.669. The van der Waals surface area contributed by atoms with Crippen molar-refractivity contribution in [1.29, 1.82) is 0 Å². The predicted molar refractivity (Wildman–Crippen MR) is 79.3 cm³/mol. The Balaban J connectivity index is 1.76. The topological polar surface area (TPSA) is 40.1 Å². The smallest absolute Gasteiger partial charge is 0.225 e. The molecule has 0 atom stereocenters. The molecule has 6 heteroatoms. The zero-order chi connectivity index (χ0) is 13.9. The van der Waals surface area contributed by atoms with Crippen molar-refractivity contribution in [3.8, 4) is 5.69 Å². The minimum Gasteiger partial charge on any atom is -0.316 e. The third kappa shape index (κ3) is 2.81. The normalized spacial score (nSPS) is 22.9. The van der Waals surface area contributed by atoms with Crippen LogP contribution in [-0.2, 0) is 6.67 Å². The van der Waals surface area contributed by atoms with Crippen molar-refractivity contribution < 1.29 is 4.90 Å². The van der Waals surface area contributed by atoms with Crippen molar-refractivity contribution >= 4 is 12.2 Å². The first kappa shape index (κ1) is 13.5. The molecular formula is C14H20N5S+. The van der Waals surface area contributed by atoms with E-state index in [-0.39, 0.29) is 0 Å². The number of nitrogens with zero attached hydrogens (tertiary/aromatic N) is 4. The average Bonchev–Trinajstić information content (AvgIpc) is 2.84. The number of rotatable bonds is 3. The third-order valence-corrected chi connectivity index (χ3v) is 4.38. The van der Waals surface area contributed by atoms with E-state index in [4.69, 9.17) is 12.2 Å². The summed E-state index contributed by atoms with van der Waals surface area (Å²) < 4.78 is 4.23. The summed E-state index contributed by atoms with van der Waals surface area (Å²) in [6.07, 6.45) is 2.57. The summed E-state index contributed by atoms with van der Waals surface area (Å²) in [6, 6.07) is 9.92. The summed E-state index contributed by atoms with van der Waals surface area (Å²) in [6.45, 7) is 5.54. The lowest BCUT2D eigenvalue weighted by Gasteiger charge is -2.26. The molecule has 1 aromatic heterocycles. The average molecular weight is 290 g/mol. The first-order chi connectivity index (χ1) is 9.74. The minimum atomic E-state index is 0.669. The fraction of sp³-hybridized carbons (Fsp3) is 0.500. The maximum Gasteiger partial charge on any atom is 0.225 e. The van der Waals surface area contributed by atoms with Crippen LogP contribution in [0.3, 0.4) is 0 Å². The van der Waals surface area contributed by atoms with Gasteiger partial charge in [-0.05, 0) is 53.5 Å². The predicted octanol–water partition coefficient (Wildman–Crippen LogP) is 1.07. The van der Waals surface area contributed by atoms with Gasteiger partial charge in [0, 0.05) is 0 Å². The van der Waals surface area contributed by atoms with Crippen LogP contribution in [0.4, 0.5) is 0 Å². The Labute approximate surface area is 123 Å². The highest BCUT2D eigenvalue weighted by atomic mass is 32.1. The van der Waals surface area contributed by atoms with E-state index in [1.54, 1.807) is 9.58 Å². The second-order valence-electron chi connectivity index (χ2n) is 5.60. The molecule has 2 aromatic rings. The zero-order valence-corrected chi connectivity index (χ0v) is 12.5. The number of hydrogen-bond donors (Lipinski definition) is 1. The lowest BCUT2D eigenvalue weighted by atomic mass is 10.00. The molecule has 1 aliphatic heterocycles. The largest absolute Gasteiger partial charge is 0.316 e. The fourth-order valence-corrected chi connectivity index (χ4v) is 2.89. The molecule has 1 N–H and O–H groups in total. The highest BCUT2D eigenvalue weighted by Gasteiger charge is 2.20. The zero-order valence-electron chi connectivity index (χ0n) is 11.7. The van der Waals surface area contributed by atoms with Crippen molar-refractivity contribution in [3.63, 3.8) is 0 Å². The maximum atomic E-state index is 5.49. The fourth-order valence-electron chi connectivity index (χ4n) is 2.64. The van der Waals surface area contributed by atoms with E-state index >= 15 is 0 Å². The van der Waals surface area contributed by atoms with Gasteiger partial charge in [-0.3, -0.25) is 0 Å². The molecule has 0 spiro atoms. The third-order valence-electron chi connectivity index (χ3n) is 3.99. The summed E-state index contributed by atoms with van der Waals surface area (Å²) in [5, 5.41) is 8.39. The molecule has 1 saturated heterocycles. The molecule has 2 heterocycles. The van der Waals surface area contributed by atoms with Crippen LogP contribution in [0.15, 0.2) is 30.3 Å². The van der Waals surface area contributed by atoms with Crippen LogP contribution >= 0.6 is 12.2 Å². The molecule has 20 heavy (non-hydrogen) atoms. The van der Waals surface area contributed by atoms with E-state index in [0.29, 0.717) is 4.77 Å². The first-order valence-electron chi connectivity index (χ1n) is 7.16. The molecule has 0 saturated carbocycles. The van der Waals surface area contributed by atoms with Crippen molar-refractivity contribution in [3.05, 3.63) is 35.1 Å². The lowest BCUT2D eigenvalue weighted by Crippen LogP contribution is -3.12. The van der Waals surface area contributed by atoms with Crippen molar-refractivity contribution in [2.75, 3.05) is 13.1 Å². The molecule has 0 aliphatic carbocycles. The number of aromatic nitrogens is 4. The summed E-state index contributed by atoms with van der Waals surface area (Å²) in [5.74, 6) is 0.853. The van der Waals surface area contributed by atoms with Crippen LogP contribution in [0, 0.1) is 10.7 Å². The molecule has 1 fully saturated rings. The standard InChI is InChI=1S/C14H19N5S/c1-12-7-9-17(10-8-12)11-18-14(20)19(16-15-18)13-5-3-2-4-6-13/h2-6,12H,7-11H2,1H3/p+1. The molecular weight excluding hydrogens is 270 g/mol. The Morgan fingerprint density at radius 3 is 2.60 bits per heavy atom. The highest BCUT2D eigenvalue weighted by Crippen LogP contribution is 2.07. The van der Waals surface area contributed by atoms with Crippen LogP contribution in [0.5, 0.6) is 0 Å². The molecule has 106 valence electrons. The van der Waals surface area contributed by atoms with Gasteiger partial charge in [0.2, 0.25) is 4.77 Å². The summed E-state index contributed by atoms with van der Waals surface area (Å²) in [4.78, 5) is 1.54. The van der Waals surface area contributed by atoms with Crippen molar-refractivity contribution in [1.82, 2.24) is 19.8 Å². The SMILES string of the molecule is CC1CC[NH+](Cn2nnn(-c3ccccc3)c2=S)CC1.